The van der Waals surface area contributed by atoms with Gasteiger partial charge in [0.05, 0.1) is 4.92 Å². The third-order valence-corrected chi connectivity index (χ3v) is 4.08. The fourth-order valence-corrected chi connectivity index (χ4v) is 3.02. The Morgan fingerprint density at radius 2 is 2.11 bits per heavy atom. The molecular weight excluding hydrogens is 282 g/mol. The molecule has 18 heavy (non-hydrogen) atoms. The summed E-state index contributed by atoms with van der Waals surface area (Å²) in [4.78, 5) is 9.71. The number of nitrogens with zero attached hydrogens (tertiary/aromatic N) is 1. The van der Waals surface area contributed by atoms with Crippen molar-refractivity contribution in [2.75, 3.05) is 13.1 Å². The summed E-state index contributed by atoms with van der Waals surface area (Å²) < 4.78 is 25.9. The zero-order chi connectivity index (χ0) is 13.9. The van der Waals surface area contributed by atoms with Gasteiger partial charge in [0.25, 0.3) is 5.69 Å². The van der Waals surface area contributed by atoms with Crippen LogP contribution in [0.25, 0.3) is 0 Å². The van der Waals surface area contributed by atoms with E-state index in [1.807, 2.05) is 0 Å². The summed E-state index contributed by atoms with van der Waals surface area (Å²) in [6, 6.07) is 2.48. The normalized spacial score (nSPS) is 11.5. The molecule has 0 amide bonds. The predicted octanol–water partition coefficient (Wildman–Crippen LogP) is 0.794. The van der Waals surface area contributed by atoms with E-state index in [0.29, 0.717) is 5.56 Å². The molecule has 0 aromatic heterocycles. The summed E-state index contributed by atoms with van der Waals surface area (Å²) in [7, 11) is -3.90. The van der Waals surface area contributed by atoms with Crippen molar-refractivity contribution in [3.63, 3.8) is 0 Å². The maximum atomic E-state index is 11.9. The number of rotatable bonds is 5. The van der Waals surface area contributed by atoms with Crippen LogP contribution in [0.2, 0.25) is 5.02 Å². The maximum absolute atomic E-state index is 11.9. The zero-order valence-electron chi connectivity index (χ0n) is 9.51. The van der Waals surface area contributed by atoms with Crippen LogP contribution >= 0.6 is 11.6 Å². The van der Waals surface area contributed by atoms with E-state index in [9.17, 15) is 18.5 Å². The molecule has 0 fully saturated rings. The van der Waals surface area contributed by atoms with Gasteiger partial charge in [-0.3, -0.25) is 10.1 Å². The number of hydrogen-bond donors (Lipinski definition) is 2. The molecule has 0 aliphatic rings. The standard InChI is InChI=1S/C9H12ClN3O4S/c1-6-4-7(13(14)15)9(10)8(5-6)18(16,17)12-3-2-11/h4-5,12H,2-3,11H2,1H3. The molecule has 0 bridgehead atoms. The van der Waals surface area contributed by atoms with Crippen molar-refractivity contribution in [3.05, 3.63) is 32.8 Å². The molecule has 0 radical (unpaired) electrons. The summed E-state index contributed by atoms with van der Waals surface area (Å²) in [5.74, 6) is 0. The first kappa shape index (κ1) is 14.8. The molecule has 0 heterocycles. The van der Waals surface area contributed by atoms with E-state index < -0.39 is 25.7 Å². The number of benzene rings is 1. The average molecular weight is 294 g/mol. The maximum Gasteiger partial charge on any atom is 0.289 e. The first-order chi connectivity index (χ1) is 8.29. The lowest BCUT2D eigenvalue weighted by Gasteiger charge is -2.08. The lowest BCUT2D eigenvalue weighted by atomic mass is 10.2. The van der Waals surface area contributed by atoms with Gasteiger partial charge in [0.1, 0.15) is 9.92 Å². The number of hydrogen-bond acceptors (Lipinski definition) is 5. The third kappa shape index (κ3) is 3.16. The van der Waals surface area contributed by atoms with E-state index in [4.69, 9.17) is 17.3 Å². The van der Waals surface area contributed by atoms with Crippen molar-refractivity contribution in [1.29, 1.82) is 0 Å². The van der Waals surface area contributed by atoms with Gasteiger partial charge in [-0.25, -0.2) is 13.1 Å². The van der Waals surface area contributed by atoms with Crippen LogP contribution in [-0.2, 0) is 10.0 Å². The lowest BCUT2D eigenvalue weighted by Crippen LogP contribution is -2.29. The molecule has 1 aromatic carbocycles. The highest BCUT2D eigenvalue weighted by atomic mass is 35.5. The Morgan fingerprint density at radius 3 is 2.61 bits per heavy atom. The number of nitro groups is 1. The second-order valence-electron chi connectivity index (χ2n) is 3.54. The van der Waals surface area contributed by atoms with Crippen molar-refractivity contribution in [2.45, 2.75) is 11.8 Å². The lowest BCUT2D eigenvalue weighted by molar-refractivity contribution is -0.385. The Kier molecular flexibility index (Phi) is 4.63. The first-order valence-electron chi connectivity index (χ1n) is 4.94. The smallest absolute Gasteiger partial charge is 0.289 e. The molecule has 0 saturated carbocycles. The zero-order valence-corrected chi connectivity index (χ0v) is 11.1. The number of nitrogens with one attached hydrogen (secondary N) is 1. The number of aryl methyl sites for hydroxylation is 1. The van der Waals surface area contributed by atoms with Crippen LogP contribution in [0.3, 0.4) is 0 Å². The van der Waals surface area contributed by atoms with Gasteiger partial charge in [-0.2, -0.15) is 0 Å². The van der Waals surface area contributed by atoms with Crippen LogP contribution in [0.15, 0.2) is 17.0 Å². The molecule has 3 N–H and O–H groups in total. The van der Waals surface area contributed by atoms with Crippen LogP contribution < -0.4 is 10.5 Å². The summed E-state index contributed by atoms with van der Waals surface area (Å²) in [5.41, 5.74) is 5.18. The second kappa shape index (κ2) is 5.61. The van der Waals surface area contributed by atoms with Gasteiger partial charge in [0.2, 0.25) is 10.0 Å². The minimum atomic E-state index is -3.90. The van der Waals surface area contributed by atoms with Crippen LogP contribution in [0.5, 0.6) is 0 Å². The molecule has 0 spiro atoms. The van der Waals surface area contributed by atoms with Crippen molar-refractivity contribution in [3.8, 4) is 0 Å². The third-order valence-electron chi connectivity index (χ3n) is 2.09. The van der Waals surface area contributed by atoms with Gasteiger partial charge >= 0.3 is 0 Å². The summed E-state index contributed by atoms with van der Waals surface area (Å²) in [6.07, 6.45) is 0. The number of sulfonamides is 1. The van der Waals surface area contributed by atoms with E-state index in [1.54, 1.807) is 6.92 Å². The molecular formula is C9H12ClN3O4S. The van der Waals surface area contributed by atoms with Crippen LogP contribution in [-0.4, -0.2) is 26.4 Å². The summed E-state index contributed by atoms with van der Waals surface area (Å²) in [5, 5.41) is 10.3. The highest BCUT2D eigenvalue weighted by molar-refractivity contribution is 7.89. The Morgan fingerprint density at radius 1 is 1.50 bits per heavy atom. The quantitative estimate of drug-likeness (QED) is 0.615. The molecule has 7 nitrogen and oxygen atoms in total. The fourth-order valence-electron chi connectivity index (χ4n) is 1.32. The minimum Gasteiger partial charge on any atom is -0.329 e. The molecule has 1 aromatic rings. The summed E-state index contributed by atoms with van der Waals surface area (Å²) in [6.45, 7) is 1.69. The second-order valence-corrected chi connectivity index (χ2v) is 5.65. The highest BCUT2D eigenvalue weighted by Crippen LogP contribution is 2.32. The number of nitrogens with two attached hydrogens (primary N) is 1. The molecule has 100 valence electrons. The summed E-state index contributed by atoms with van der Waals surface area (Å²) >= 11 is 5.75. The predicted molar refractivity (Wildman–Crippen MR) is 67.1 cm³/mol. The molecule has 0 aliphatic heterocycles. The Balaban J connectivity index is 3.37. The number of nitro benzene ring substituents is 1. The van der Waals surface area contributed by atoms with E-state index in [2.05, 4.69) is 4.72 Å². The van der Waals surface area contributed by atoms with Gasteiger partial charge in [-0.05, 0) is 18.6 Å². The molecule has 0 atom stereocenters. The van der Waals surface area contributed by atoms with Crippen LogP contribution in [0.1, 0.15) is 5.56 Å². The largest absolute Gasteiger partial charge is 0.329 e. The van der Waals surface area contributed by atoms with Gasteiger partial charge in [0.15, 0.2) is 0 Å². The van der Waals surface area contributed by atoms with Gasteiger partial charge in [-0.15, -0.1) is 0 Å². The number of halogens is 1. The topological polar surface area (TPSA) is 115 Å². The SMILES string of the molecule is Cc1cc([N+](=O)[O-])c(Cl)c(S(=O)(=O)NCCN)c1. The Labute approximate surface area is 109 Å². The van der Waals surface area contributed by atoms with Gasteiger partial charge in [-0.1, -0.05) is 11.6 Å². The van der Waals surface area contributed by atoms with Crippen LogP contribution in [0, 0.1) is 17.0 Å². The van der Waals surface area contributed by atoms with Crippen LogP contribution in [0.4, 0.5) is 5.69 Å². The van der Waals surface area contributed by atoms with Gasteiger partial charge in [0, 0.05) is 19.2 Å². The fraction of sp³-hybridized carbons (Fsp3) is 0.333. The van der Waals surface area contributed by atoms with Crippen molar-refractivity contribution >= 4 is 27.3 Å². The molecule has 1 rings (SSSR count). The van der Waals surface area contributed by atoms with E-state index in [1.165, 1.54) is 12.1 Å². The average Bonchev–Trinajstić information content (AvgIpc) is 2.28. The Bertz CT molecular complexity index is 573. The van der Waals surface area contributed by atoms with E-state index >= 15 is 0 Å². The van der Waals surface area contributed by atoms with E-state index in [-0.39, 0.29) is 18.0 Å². The monoisotopic (exact) mass is 293 g/mol. The Hall–Kier alpha value is -1.22. The highest BCUT2D eigenvalue weighted by Gasteiger charge is 2.25. The first-order valence-corrected chi connectivity index (χ1v) is 6.80. The van der Waals surface area contributed by atoms with E-state index in [0.717, 1.165) is 0 Å². The van der Waals surface area contributed by atoms with Gasteiger partial charge < -0.3 is 5.73 Å². The van der Waals surface area contributed by atoms with Crippen molar-refractivity contribution in [1.82, 2.24) is 4.72 Å². The molecule has 0 saturated heterocycles. The van der Waals surface area contributed by atoms with Crippen molar-refractivity contribution < 1.29 is 13.3 Å². The van der Waals surface area contributed by atoms with Crippen molar-refractivity contribution in [2.24, 2.45) is 5.73 Å². The minimum absolute atomic E-state index is 0.0282. The molecule has 0 unspecified atom stereocenters. The molecule has 9 heteroatoms. The molecule has 0 aliphatic carbocycles.